The van der Waals surface area contributed by atoms with E-state index in [0.717, 1.165) is 26.2 Å². The highest BCUT2D eigenvalue weighted by molar-refractivity contribution is 5.96. The van der Waals surface area contributed by atoms with Crippen molar-refractivity contribution in [3.8, 4) is 0 Å². The first kappa shape index (κ1) is 21.4. The van der Waals surface area contributed by atoms with Crippen LogP contribution in [0.5, 0.6) is 0 Å². The van der Waals surface area contributed by atoms with Gasteiger partial charge in [0.2, 0.25) is 0 Å². The zero-order chi connectivity index (χ0) is 19.7. The average molecular weight is 367 g/mol. The van der Waals surface area contributed by atoms with Crippen molar-refractivity contribution < 1.29 is 24.0 Å². The van der Waals surface area contributed by atoms with E-state index in [0.29, 0.717) is 12.2 Å². The van der Waals surface area contributed by atoms with E-state index in [9.17, 15) is 19.7 Å². The van der Waals surface area contributed by atoms with Crippen molar-refractivity contribution in [3.63, 3.8) is 0 Å². The van der Waals surface area contributed by atoms with E-state index in [1.165, 1.54) is 19.2 Å². The van der Waals surface area contributed by atoms with Crippen molar-refractivity contribution in [2.45, 2.75) is 26.4 Å². The summed E-state index contributed by atoms with van der Waals surface area (Å²) in [7, 11) is 1.27. The summed E-state index contributed by atoms with van der Waals surface area (Å²) in [4.78, 5) is 33.6. The molecule has 1 N–H and O–H groups in total. The Labute approximate surface area is 152 Å². The predicted octanol–water partition coefficient (Wildman–Crippen LogP) is 1.75. The third-order valence-electron chi connectivity index (χ3n) is 3.46. The predicted molar refractivity (Wildman–Crippen MR) is 96.4 cm³/mol. The summed E-state index contributed by atoms with van der Waals surface area (Å²) < 4.78 is 9.25. The summed E-state index contributed by atoms with van der Waals surface area (Å²) in [6.45, 7) is 9.06. The Morgan fingerprint density at radius 1 is 1.31 bits per heavy atom. The number of carbonyl (C=O) groups excluding carboxylic acids is 2. The quantitative estimate of drug-likeness (QED) is 0.371. The fourth-order valence-corrected chi connectivity index (χ4v) is 2.24. The van der Waals surface area contributed by atoms with E-state index in [1.54, 1.807) is 6.07 Å². The molecular weight excluding hydrogens is 342 g/mol. The number of methoxy groups -OCH3 is 1. The molecule has 26 heavy (non-hydrogen) atoms. The molecule has 0 aliphatic carbocycles. The molecule has 1 aliphatic heterocycles. The first-order valence-electron chi connectivity index (χ1n) is 8.13. The van der Waals surface area contributed by atoms with Gasteiger partial charge in [0.25, 0.3) is 12.2 Å². The molecule has 0 aromatic heterocycles. The fourth-order valence-electron chi connectivity index (χ4n) is 2.24. The summed E-state index contributed by atoms with van der Waals surface area (Å²) >= 11 is 0. The minimum atomic E-state index is -0.558. The number of nitro groups is 1. The maximum atomic E-state index is 11.8. The Bertz CT molecular complexity index is 636. The van der Waals surface area contributed by atoms with Crippen molar-refractivity contribution >= 4 is 23.8 Å². The van der Waals surface area contributed by atoms with Crippen LogP contribution in [0.25, 0.3) is 0 Å². The van der Waals surface area contributed by atoms with Crippen molar-refractivity contribution in [1.29, 1.82) is 0 Å². The van der Waals surface area contributed by atoms with E-state index in [4.69, 9.17) is 4.74 Å². The largest absolute Gasteiger partial charge is 0.465 e. The van der Waals surface area contributed by atoms with Gasteiger partial charge in [-0.25, -0.2) is 4.79 Å². The Hall–Kier alpha value is -2.68. The number of esters is 1. The highest BCUT2D eigenvalue weighted by atomic mass is 16.6. The highest BCUT2D eigenvalue weighted by Gasteiger charge is 2.22. The van der Waals surface area contributed by atoms with Crippen LogP contribution in [0.3, 0.4) is 0 Å². The lowest BCUT2D eigenvalue weighted by Gasteiger charge is -2.30. The smallest absolute Gasteiger partial charge is 0.340 e. The van der Waals surface area contributed by atoms with Gasteiger partial charge >= 0.3 is 5.97 Å². The molecule has 0 unspecified atom stereocenters. The van der Waals surface area contributed by atoms with Crippen LogP contribution in [0.4, 0.5) is 11.4 Å². The first-order chi connectivity index (χ1) is 12.2. The van der Waals surface area contributed by atoms with Gasteiger partial charge in [-0.3, -0.25) is 14.9 Å². The van der Waals surface area contributed by atoms with E-state index in [1.807, 2.05) is 25.7 Å². The third kappa shape index (κ3) is 6.67. The maximum Gasteiger partial charge on any atom is 0.340 e. The number of non-ortho nitro benzene ring substituents is 1. The van der Waals surface area contributed by atoms with Crippen LogP contribution in [0.1, 0.15) is 31.1 Å². The number of nitrogens with one attached hydrogen (secondary N) is 1. The van der Waals surface area contributed by atoms with Crippen LogP contribution in [0.15, 0.2) is 18.2 Å². The second-order valence-corrected chi connectivity index (χ2v) is 6.51. The Morgan fingerprint density at radius 3 is 2.35 bits per heavy atom. The van der Waals surface area contributed by atoms with Crippen LogP contribution < -0.4 is 10.2 Å². The number of nitro benzene ring substituents is 1. The molecule has 9 heteroatoms. The number of rotatable bonds is 4. The Morgan fingerprint density at radius 2 is 1.92 bits per heavy atom. The SMILES string of the molecule is CC(C)(C)OC=O.COC(=O)c1cc([N+](=O)[O-])ccc1N1CCNCC1. The summed E-state index contributed by atoms with van der Waals surface area (Å²) in [5.41, 5.74) is 0.485. The molecule has 0 radical (unpaired) electrons. The number of benzene rings is 1. The van der Waals surface area contributed by atoms with Gasteiger partial charge in [0, 0.05) is 38.3 Å². The Kier molecular flexibility index (Phi) is 7.98. The molecule has 1 aromatic rings. The topological polar surface area (TPSA) is 111 Å². The lowest BCUT2D eigenvalue weighted by Crippen LogP contribution is -2.44. The van der Waals surface area contributed by atoms with Gasteiger partial charge < -0.3 is 19.7 Å². The summed E-state index contributed by atoms with van der Waals surface area (Å²) in [6, 6.07) is 4.28. The minimum absolute atomic E-state index is 0.112. The van der Waals surface area contributed by atoms with Gasteiger partial charge in [-0.2, -0.15) is 0 Å². The van der Waals surface area contributed by atoms with Gasteiger partial charge in [-0.05, 0) is 26.8 Å². The molecule has 9 nitrogen and oxygen atoms in total. The van der Waals surface area contributed by atoms with E-state index >= 15 is 0 Å². The van der Waals surface area contributed by atoms with Crippen molar-refractivity contribution in [3.05, 3.63) is 33.9 Å². The molecule has 144 valence electrons. The van der Waals surface area contributed by atoms with Crippen molar-refractivity contribution in [1.82, 2.24) is 5.32 Å². The van der Waals surface area contributed by atoms with Crippen molar-refractivity contribution in [2.24, 2.45) is 0 Å². The number of piperazine rings is 1. The van der Waals surface area contributed by atoms with Gasteiger partial charge in [0.15, 0.2) is 0 Å². The standard InChI is InChI=1S/C12H15N3O4.C5H10O2/c1-19-12(16)10-8-9(15(17)18)2-3-11(10)14-6-4-13-5-7-14;1-5(2,3)7-4-6/h2-3,8,13H,4-7H2,1H3;4H,1-3H3. The van der Waals surface area contributed by atoms with Crippen LogP contribution in [-0.4, -0.2) is 56.3 Å². The zero-order valence-electron chi connectivity index (χ0n) is 15.5. The van der Waals surface area contributed by atoms with Gasteiger partial charge in [0.1, 0.15) is 5.60 Å². The number of ether oxygens (including phenoxy) is 2. The monoisotopic (exact) mass is 367 g/mol. The molecular formula is C17H25N3O6. The molecule has 1 saturated heterocycles. The normalized spacial score (nSPS) is 13.9. The molecule has 0 bridgehead atoms. The molecule has 0 amide bonds. The summed E-state index contributed by atoms with van der Waals surface area (Å²) in [5, 5.41) is 14.0. The van der Waals surface area contributed by atoms with Gasteiger partial charge in [-0.15, -0.1) is 0 Å². The second kappa shape index (κ2) is 9.71. The first-order valence-corrected chi connectivity index (χ1v) is 8.13. The van der Waals surface area contributed by atoms with Crippen LogP contribution in [0, 0.1) is 10.1 Å². The van der Waals surface area contributed by atoms with Gasteiger partial charge in [-0.1, -0.05) is 0 Å². The number of hydrogen-bond donors (Lipinski definition) is 1. The van der Waals surface area contributed by atoms with Crippen LogP contribution in [-0.2, 0) is 14.3 Å². The molecule has 1 heterocycles. The fraction of sp³-hybridized carbons (Fsp3) is 0.529. The number of hydrogen-bond acceptors (Lipinski definition) is 8. The molecule has 1 aliphatic rings. The lowest BCUT2D eigenvalue weighted by atomic mass is 10.1. The second-order valence-electron chi connectivity index (χ2n) is 6.51. The molecule has 0 spiro atoms. The zero-order valence-corrected chi connectivity index (χ0v) is 15.5. The van der Waals surface area contributed by atoms with E-state index in [-0.39, 0.29) is 16.9 Å². The highest BCUT2D eigenvalue weighted by Crippen LogP contribution is 2.26. The molecule has 2 rings (SSSR count). The molecule has 0 atom stereocenters. The molecule has 1 aromatic carbocycles. The maximum absolute atomic E-state index is 11.8. The van der Waals surface area contributed by atoms with Crippen LogP contribution >= 0.6 is 0 Å². The molecule has 0 saturated carbocycles. The average Bonchev–Trinajstić information content (AvgIpc) is 2.60. The minimum Gasteiger partial charge on any atom is -0.465 e. The lowest BCUT2D eigenvalue weighted by molar-refractivity contribution is -0.384. The molecule has 1 fully saturated rings. The van der Waals surface area contributed by atoms with E-state index in [2.05, 4.69) is 10.1 Å². The Balaban J connectivity index is 0.000000412. The number of nitrogens with zero attached hydrogens (tertiary/aromatic N) is 2. The van der Waals surface area contributed by atoms with Crippen LogP contribution in [0.2, 0.25) is 0 Å². The summed E-state index contributed by atoms with van der Waals surface area (Å²) in [5.74, 6) is -0.558. The third-order valence-corrected chi connectivity index (χ3v) is 3.46. The van der Waals surface area contributed by atoms with Crippen molar-refractivity contribution in [2.75, 3.05) is 38.2 Å². The van der Waals surface area contributed by atoms with Gasteiger partial charge in [0.05, 0.1) is 23.3 Å². The number of anilines is 1. The number of carbonyl (C=O) groups is 2. The van der Waals surface area contributed by atoms with E-state index < -0.39 is 10.9 Å². The summed E-state index contributed by atoms with van der Waals surface area (Å²) in [6.07, 6.45) is 0.